The number of aliphatic carboxylic acids is 1. The number of hydrogen-bond donors (Lipinski definition) is 1. The molecule has 2 rings (SSSR count). The summed E-state index contributed by atoms with van der Waals surface area (Å²) in [5.41, 5.74) is 0.359. The van der Waals surface area contributed by atoms with Gasteiger partial charge in [0.2, 0.25) is 0 Å². The first-order chi connectivity index (χ1) is 17.2. The third-order valence-corrected chi connectivity index (χ3v) is 6.15. The number of nitrogens with zero attached hydrogens (tertiary/aromatic N) is 2. The zero-order chi connectivity index (χ0) is 27.9. The molecule has 2 aromatic carbocycles. The summed E-state index contributed by atoms with van der Waals surface area (Å²) < 4.78 is 30.9. The van der Waals surface area contributed by atoms with Gasteiger partial charge in [-0.25, -0.2) is 9.18 Å². The Morgan fingerprint density at radius 1 is 1.11 bits per heavy atom. The molecule has 0 radical (unpaired) electrons. The van der Waals surface area contributed by atoms with Gasteiger partial charge in [0.05, 0.1) is 18.7 Å². The molecule has 204 valence electrons. The van der Waals surface area contributed by atoms with E-state index in [4.69, 9.17) is 25.8 Å². The third-order valence-electron chi connectivity index (χ3n) is 5.81. The monoisotopic (exact) mass is 538 g/mol. The third kappa shape index (κ3) is 9.09. The van der Waals surface area contributed by atoms with Gasteiger partial charge in [0.25, 0.3) is 0 Å². The molecule has 1 N–H and O–H groups in total. The van der Waals surface area contributed by atoms with Crippen LogP contribution in [0.4, 0.5) is 9.18 Å². The van der Waals surface area contributed by atoms with E-state index in [0.717, 1.165) is 0 Å². The van der Waals surface area contributed by atoms with Gasteiger partial charge in [0.15, 0.2) is 0 Å². The van der Waals surface area contributed by atoms with Gasteiger partial charge < -0.3 is 24.2 Å². The van der Waals surface area contributed by atoms with Crippen LogP contribution in [0.1, 0.15) is 51.8 Å². The van der Waals surface area contributed by atoms with Gasteiger partial charge in [0, 0.05) is 31.2 Å². The average molecular weight is 539 g/mol. The van der Waals surface area contributed by atoms with E-state index in [2.05, 4.69) is 0 Å². The van der Waals surface area contributed by atoms with E-state index in [0.29, 0.717) is 22.6 Å². The molecule has 2 atom stereocenters. The van der Waals surface area contributed by atoms with Crippen molar-refractivity contribution < 1.29 is 33.3 Å². The number of halogens is 2. The van der Waals surface area contributed by atoms with Crippen LogP contribution in [0.2, 0.25) is 5.02 Å². The molecule has 8 nitrogen and oxygen atoms in total. The number of ether oxygens (including phenoxy) is 3. The van der Waals surface area contributed by atoms with Crippen molar-refractivity contribution in [3.05, 3.63) is 58.4 Å². The van der Waals surface area contributed by atoms with Gasteiger partial charge in [-0.3, -0.25) is 9.69 Å². The Kier molecular flexibility index (Phi) is 10.6. The van der Waals surface area contributed by atoms with Crippen molar-refractivity contribution in [3.8, 4) is 11.5 Å². The second kappa shape index (κ2) is 13.0. The van der Waals surface area contributed by atoms with E-state index < -0.39 is 35.6 Å². The minimum Gasteiger partial charge on any atom is -0.497 e. The number of carbonyl (C=O) groups is 2. The lowest BCUT2D eigenvalue weighted by Crippen LogP contribution is -2.47. The molecule has 0 bridgehead atoms. The molecule has 0 saturated carbocycles. The summed E-state index contributed by atoms with van der Waals surface area (Å²) in [5.74, 6) is -0.363. The van der Waals surface area contributed by atoms with Crippen LogP contribution in [0.3, 0.4) is 0 Å². The molecule has 0 aromatic heterocycles. The molecule has 0 aliphatic carbocycles. The van der Waals surface area contributed by atoms with E-state index in [1.165, 1.54) is 17.0 Å². The van der Waals surface area contributed by atoms with Crippen molar-refractivity contribution in [2.24, 2.45) is 0 Å². The summed E-state index contributed by atoms with van der Waals surface area (Å²) >= 11 is 6.42. The fourth-order valence-corrected chi connectivity index (χ4v) is 3.95. The van der Waals surface area contributed by atoms with Crippen LogP contribution >= 0.6 is 11.6 Å². The van der Waals surface area contributed by atoms with Crippen LogP contribution in [0.15, 0.2) is 36.4 Å². The highest BCUT2D eigenvalue weighted by molar-refractivity contribution is 6.31. The Balaban J connectivity index is 2.30. The Morgan fingerprint density at radius 3 is 2.24 bits per heavy atom. The maximum atomic E-state index is 14.5. The molecule has 0 fully saturated rings. The molecule has 2 aromatic rings. The first-order valence-electron chi connectivity index (χ1n) is 11.9. The topological polar surface area (TPSA) is 88.5 Å². The Hall–Kier alpha value is -3.04. The maximum absolute atomic E-state index is 14.5. The lowest BCUT2D eigenvalue weighted by molar-refractivity contribution is -0.139. The molecule has 0 unspecified atom stereocenters. The molecule has 0 aliphatic rings. The van der Waals surface area contributed by atoms with Gasteiger partial charge in [-0.15, -0.1) is 0 Å². The predicted molar refractivity (Wildman–Crippen MR) is 140 cm³/mol. The quantitative estimate of drug-likeness (QED) is 0.388. The number of carboxylic acid groups (broad SMARTS) is 1. The summed E-state index contributed by atoms with van der Waals surface area (Å²) in [6, 6.07) is 8.55. The zero-order valence-corrected chi connectivity index (χ0v) is 23.1. The van der Waals surface area contributed by atoms with Gasteiger partial charge in [-0.2, -0.15) is 0 Å². The van der Waals surface area contributed by atoms with Crippen LogP contribution in [0.5, 0.6) is 11.5 Å². The number of methoxy groups -OCH3 is 1. The van der Waals surface area contributed by atoms with Crippen LogP contribution in [-0.4, -0.2) is 65.9 Å². The lowest BCUT2D eigenvalue weighted by atomic mass is 9.99. The number of amides is 1. The minimum absolute atomic E-state index is 0.0411. The van der Waals surface area contributed by atoms with E-state index >= 15 is 0 Å². The predicted octanol–water partition coefficient (Wildman–Crippen LogP) is 5.77. The highest BCUT2D eigenvalue weighted by Gasteiger charge is 2.28. The first kappa shape index (κ1) is 30.2. The molecule has 0 heterocycles. The second-order valence-electron chi connectivity index (χ2n) is 9.86. The molecular formula is C27H36ClFN2O6. The number of likely N-dealkylation sites (N-methyl/N-ethyl adjacent to an activating group) is 1. The standard InChI is InChI=1S/C27H36ClFN2O6/c1-17(30(6)26(34)37-27(3,4)5)14-31(15-25(32)33)18(2)22-12-19(29)13-24(28)23(22)16-36-21-10-8-20(35-7)9-11-21/h8-13,17-18H,14-16H2,1-7H3,(H,32,33)/t17-,18+/m1/s1. The Bertz CT molecular complexity index is 1070. The van der Waals surface area contributed by atoms with Crippen LogP contribution in [-0.2, 0) is 16.1 Å². The van der Waals surface area contributed by atoms with Crippen molar-refractivity contribution in [2.75, 3.05) is 27.2 Å². The lowest BCUT2D eigenvalue weighted by Gasteiger charge is -2.35. The average Bonchev–Trinajstić information content (AvgIpc) is 2.80. The number of rotatable bonds is 11. The molecule has 0 spiro atoms. The summed E-state index contributed by atoms with van der Waals surface area (Å²) in [4.78, 5) is 27.3. The van der Waals surface area contributed by atoms with Crippen molar-refractivity contribution in [1.82, 2.24) is 9.80 Å². The van der Waals surface area contributed by atoms with Gasteiger partial charge in [0.1, 0.15) is 29.5 Å². The van der Waals surface area contributed by atoms with Crippen molar-refractivity contribution in [1.29, 1.82) is 0 Å². The van der Waals surface area contributed by atoms with E-state index in [-0.39, 0.29) is 24.7 Å². The number of hydrogen-bond acceptors (Lipinski definition) is 6. The second-order valence-corrected chi connectivity index (χ2v) is 10.3. The van der Waals surface area contributed by atoms with Gasteiger partial charge in [-0.05, 0) is 76.6 Å². The zero-order valence-electron chi connectivity index (χ0n) is 22.4. The fourth-order valence-electron chi connectivity index (χ4n) is 3.68. The van der Waals surface area contributed by atoms with Gasteiger partial charge >= 0.3 is 12.1 Å². The van der Waals surface area contributed by atoms with Gasteiger partial charge in [-0.1, -0.05) is 11.6 Å². The molecule has 10 heteroatoms. The minimum atomic E-state index is -1.06. The van der Waals surface area contributed by atoms with E-state index in [1.807, 2.05) is 0 Å². The Morgan fingerprint density at radius 2 is 1.70 bits per heavy atom. The molecule has 37 heavy (non-hydrogen) atoms. The number of benzene rings is 2. The molecule has 0 aliphatic heterocycles. The molecule has 0 saturated heterocycles. The Labute approximate surface area is 222 Å². The maximum Gasteiger partial charge on any atom is 0.410 e. The molecule has 1 amide bonds. The highest BCUT2D eigenvalue weighted by Crippen LogP contribution is 2.32. The van der Waals surface area contributed by atoms with Crippen molar-refractivity contribution >= 4 is 23.7 Å². The summed E-state index contributed by atoms with van der Waals surface area (Å²) in [5, 5.41) is 9.76. The largest absolute Gasteiger partial charge is 0.497 e. The van der Waals surface area contributed by atoms with E-state index in [1.54, 1.807) is 77.9 Å². The first-order valence-corrected chi connectivity index (χ1v) is 12.3. The van der Waals surface area contributed by atoms with Crippen LogP contribution in [0.25, 0.3) is 0 Å². The summed E-state index contributed by atoms with van der Waals surface area (Å²) in [6.45, 7) is 8.77. The smallest absolute Gasteiger partial charge is 0.410 e. The normalized spacial score (nSPS) is 13.1. The van der Waals surface area contributed by atoms with Crippen molar-refractivity contribution in [2.45, 2.75) is 58.9 Å². The van der Waals surface area contributed by atoms with Crippen LogP contribution < -0.4 is 9.47 Å². The van der Waals surface area contributed by atoms with Crippen LogP contribution in [0, 0.1) is 5.82 Å². The molecular weight excluding hydrogens is 503 g/mol. The SMILES string of the molecule is COc1ccc(OCc2c(Cl)cc(F)cc2[C@H](C)N(CC(=O)O)C[C@@H](C)N(C)C(=O)OC(C)(C)C)cc1. The fraction of sp³-hybridized carbons (Fsp3) is 0.481. The number of carboxylic acids is 1. The number of carbonyl (C=O) groups excluding carboxylic acids is 1. The summed E-state index contributed by atoms with van der Waals surface area (Å²) in [6.07, 6.45) is -0.523. The highest BCUT2D eigenvalue weighted by atomic mass is 35.5. The van der Waals surface area contributed by atoms with E-state index in [9.17, 15) is 19.1 Å². The van der Waals surface area contributed by atoms with Crippen molar-refractivity contribution in [3.63, 3.8) is 0 Å². The summed E-state index contributed by atoms with van der Waals surface area (Å²) in [7, 11) is 3.16.